The van der Waals surface area contributed by atoms with E-state index >= 15 is 0 Å². The number of benzene rings is 1. The number of halogens is 3. The van der Waals surface area contributed by atoms with Gasteiger partial charge in [-0.05, 0) is 18.2 Å². The Hall–Kier alpha value is -0.860. The number of nitrogens with two attached hydrogens (primary N) is 1. The number of carboxylic acids is 1. The van der Waals surface area contributed by atoms with Crippen molar-refractivity contribution in [1.82, 2.24) is 0 Å². The Kier molecular flexibility index (Phi) is 6.70. The van der Waals surface area contributed by atoms with Crippen molar-refractivity contribution in [2.24, 2.45) is 5.73 Å². The summed E-state index contributed by atoms with van der Waals surface area (Å²) in [6, 6.07) is 4.23. The van der Waals surface area contributed by atoms with E-state index in [9.17, 15) is 18.0 Å². The summed E-state index contributed by atoms with van der Waals surface area (Å²) in [5.74, 6) is 0.460. The second kappa shape index (κ2) is 7.80. The van der Waals surface area contributed by atoms with E-state index in [4.69, 9.17) is 10.8 Å². The molecule has 0 aliphatic heterocycles. The smallest absolute Gasteiger partial charge is 0.416 e. The molecule has 112 valence electrons. The van der Waals surface area contributed by atoms with E-state index in [-0.39, 0.29) is 0 Å². The lowest BCUT2D eigenvalue weighted by atomic mass is 10.2. The Balaban J connectivity index is 2.34. The van der Waals surface area contributed by atoms with Crippen LogP contribution in [-0.2, 0) is 11.0 Å². The molecule has 0 saturated carbocycles. The van der Waals surface area contributed by atoms with Gasteiger partial charge in [-0.15, -0.1) is 11.8 Å². The van der Waals surface area contributed by atoms with Gasteiger partial charge in [-0.3, -0.25) is 4.79 Å². The minimum Gasteiger partial charge on any atom is -0.480 e. The Labute approximate surface area is 123 Å². The second-order valence-corrected chi connectivity index (χ2v) is 6.21. The molecular weight excluding hydrogens is 311 g/mol. The standard InChI is InChI=1S/C12H14F3NO2S2/c13-12(14,15)8-2-1-3-9(6-8)20-5-4-19-7-10(16)11(17)18/h1-3,6,10H,4-5,7,16H2,(H,17,18)/t10-/m1/s1. The second-order valence-electron chi connectivity index (χ2n) is 3.89. The van der Waals surface area contributed by atoms with Gasteiger partial charge in [0.2, 0.25) is 0 Å². The van der Waals surface area contributed by atoms with Crippen molar-refractivity contribution in [3.05, 3.63) is 29.8 Å². The largest absolute Gasteiger partial charge is 0.480 e. The number of thioether (sulfide) groups is 2. The van der Waals surface area contributed by atoms with Crippen molar-refractivity contribution < 1.29 is 23.1 Å². The van der Waals surface area contributed by atoms with Gasteiger partial charge in [-0.25, -0.2) is 0 Å². The highest BCUT2D eigenvalue weighted by atomic mass is 32.2. The highest BCUT2D eigenvalue weighted by Crippen LogP contribution is 2.31. The number of carboxylic acid groups (broad SMARTS) is 1. The third-order valence-corrected chi connectivity index (χ3v) is 4.61. The summed E-state index contributed by atoms with van der Waals surface area (Å²) in [6.45, 7) is 0. The van der Waals surface area contributed by atoms with Crippen LogP contribution >= 0.6 is 23.5 Å². The zero-order valence-corrected chi connectivity index (χ0v) is 12.0. The Morgan fingerprint density at radius 3 is 2.65 bits per heavy atom. The first-order chi connectivity index (χ1) is 9.30. The van der Waals surface area contributed by atoms with Crippen molar-refractivity contribution >= 4 is 29.5 Å². The van der Waals surface area contributed by atoms with Gasteiger partial charge in [0.1, 0.15) is 6.04 Å². The quantitative estimate of drug-likeness (QED) is 0.596. The maximum atomic E-state index is 12.5. The van der Waals surface area contributed by atoms with Crippen molar-refractivity contribution in [3.63, 3.8) is 0 Å². The van der Waals surface area contributed by atoms with Gasteiger partial charge in [0.15, 0.2) is 0 Å². The van der Waals surface area contributed by atoms with Crippen LogP contribution in [0.3, 0.4) is 0 Å². The fraction of sp³-hybridized carbons (Fsp3) is 0.417. The minimum atomic E-state index is -4.33. The number of alkyl halides is 3. The molecular formula is C12H14F3NO2S2. The molecule has 3 nitrogen and oxygen atoms in total. The minimum absolute atomic E-state index is 0.290. The summed E-state index contributed by atoms with van der Waals surface area (Å²) >= 11 is 2.67. The molecule has 3 N–H and O–H groups in total. The Morgan fingerprint density at radius 1 is 1.35 bits per heavy atom. The summed E-state index contributed by atoms with van der Waals surface area (Å²) in [5.41, 5.74) is 4.66. The lowest BCUT2D eigenvalue weighted by Gasteiger charge is -2.09. The van der Waals surface area contributed by atoms with Crippen LogP contribution in [0.1, 0.15) is 5.56 Å². The van der Waals surface area contributed by atoms with Gasteiger partial charge in [0.05, 0.1) is 5.56 Å². The van der Waals surface area contributed by atoms with Crippen LogP contribution in [0.5, 0.6) is 0 Å². The topological polar surface area (TPSA) is 63.3 Å². The number of hydrogen-bond acceptors (Lipinski definition) is 4. The van der Waals surface area contributed by atoms with Crippen LogP contribution in [-0.4, -0.2) is 34.4 Å². The molecule has 20 heavy (non-hydrogen) atoms. The number of rotatable bonds is 7. The average Bonchev–Trinajstić information content (AvgIpc) is 2.37. The van der Waals surface area contributed by atoms with Crippen molar-refractivity contribution in [2.45, 2.75) is 17.1 Å². The van der Waals surface area contributed by atoms with Gasteiger partial charge in [-0.2, -0.15) is 24.9 Å². The molecule has 0 spiro atoms. The van der Waals surface area contributed by atoms with Crippen LogP contribution in [0.15, 0.2) is 29.2 Å². The molecule has 0 aromatic heterocycles. The molecule has 0 aliphatic rings. The predicted octanol–water partition coefficient (Wildman–Crippen LogP) is 2.94. The van der Waals surface area contributed by atoms with E-state index < -0.39 is 23.8 Å². The molecule has 1 aromatic rings. The fourth-order valence-electron chi connectivity index (χ4n) is 1.26. The SMILES string of the molecule is N[C@H](CSCCSc1cccc(C(F)(F)F)c1)C(=O)O. The van der Waals surface area contributed by atoms with Gasteiger partial charge < -0.3 is 10.8 Å². The van der Waals surface area contributed by atoms with Crippen molar-refractivity contribution in [3.8, 4) is 0 Å². The van der Waals surface area contributed by atoms with Crippen LogP contribution in [0, 0.1) is 0 Å². The Morgan fingerprint density at radius 2 is 2.05 bits per heavy atom. The maximum absolute atomic E-state index is 12.5. The summed E-state index contributed by atoms with van der Waals surface area (Å²) in [5, 5.41) is 8.57. The Bertz CT molecular complexity index is 455. The average molecular weight is 325 g/mol. The lowest BCUT2D eigenvalue weighted by molar-refractivity contribution is -0.138. The highest BCUT2D eigenvalue weighted by molar-refractivity contribution is 8.03. The first-order valence-electron chi connectivity index (χ1n) is 5.67. The normalized spacial score (nSPS) is 13.2. The molecule has 1 aromatic carbocycles. The molecule has 0 bridgehead atoms. The van der Waals surface area contributed by atoms with Gasteiger partial charge in [0.25, 0.3) is 0 Å². The third-order valence-electron chi connectivity index (χ3n) is 2.27. The van der Waals surface area contributed by atoms with Crippen LogP contribution in [0.25, 0.3) is 0 Å². The summed E-state index contributed by atoms with van der Waals surface area (Å²) in [6.07, 6.45) is -4.33. The van der Waals surface area contributed by atoms with Gasteiger partial charge in [-0.1, -0.05) is 6.07 Å². The van der Waals surface area contributed by atoms with Gasteiger partial charge >= 0.3 is 12.1 Å². The monoisotopic (exact) mass is 325 g/mol. The van der Waals surface area contributed by atoms with Crippen LogP contribution in [0.4, 0.5) is 13.2 Å². The first kappa shape index (κ1) is 17.2. The van der Waals surface area contributed by atoms with E-state index in [1.165, 1.54) is 29.6 Å². The molecule has 0 heterocycles. The molecule has 8 heteroatoms. The summed E-state index contributed by atoms with van der Waals surface area (Å²) < 4.78 is 37.5. The third kappa shape index (κ3) is 6.06. The van der Waals surface area contributed by atoms with Crippen molar-refractivity contribution in [1.29, 1.82) is 0 Å². The first-order valence-corrected chi connectivity index (χ1v) is 7.81. The van der Waals surface area contributed by atoms with E-state index in [0.717, 1.165) is 12.1 Å². The molecule has 0 saturated heterocycles. The molecule has 0 amide bonds. The zero-order chi connectivity index (χ0) is 15.2. The number of hydrogen-bond donors (Lipinski definition) is 2. The van der Waals surface area contributed by atoms with Gasteiger partial charge in [0, 0.05) is 22.2 Å². The van der Waals surface area contributed by atoms with E-state index in [0.29, 0.717) is 22.2 Å². The molecule has 0 aliphatic carbocycles. The van der Waals surface area contributed by atoms with Crippen molar-refractivity contribution in [2.75, 3.05) is 17.3 Å². The molecule has 0 fully saturated rings. The molecule has 0 unspecified atom stereocenters. The summed E-state index contributed by atoms with van der Waals surface area (Å²) in [7, 11) is 0. The molecule has 1 atom stereocenters. The maximum Gasteiger partial charge on any atom is 0.416 e. The van der Waals surface area contributed by atoms with Crippen LogP contribution < -0.4 is 5.73 Å². The summed E-state index contributed by atoms with van der Waals surface area (Å²) in [4.78, 5) is 11.0. The van der Waals surface area contributed by atoms with Crippen LogP contribution in [0.2, 0.25) is 0 Å². The van der Waals surface area contributed by atoms with E-state index in [2.05, 4.69) is 0 Å². The highest BCUT2D eigenvalue weighted by Gasteiger charge is 2.30. The fourth-order valence-corrected chi connectivity index (χ4v) is 3.25. The number of aliphatic carboxylic acids is 1. The number of carbonyl (C=O) groups is 1. The zero-order valence-electron chi connectivity index (χ0n) is 10.4. The lowest BCUT2D eigenvalue weighted by Crippen LogP contribution is -2.32. The van der Waals surface area contributed by atoms with E-state index in [1.807, 2.05) is 0 Å². The van der Waals surface area contributed by atoms with E-state index in [1.54, 1.807) is 6.07 Å². The predicted molar refractivity (Wildman–Crippen MR) is 75.1 cm³/mol. The molecule has 1 rings (SSSR count). The molecule has 0 radical (unpaired) electrons.